The molecule has 170 valence electrons. The summed E-state index contributed by atoms with van der Waals surface area (Å²) >= 11 is 0. The monoisotopic (exact) mass is 418 g/mol. The van der Waals surface area contributed by atoms with Crippen molar-refractivity contribution >= 4 is 0 Å². The molecule has 0 spiro atoms. The van der Waals surface area contributed by atoms with Gasteiger partial charge < -0.3 is 0 Å². The van der Waals surface area contributed by atoms with Gasteiger partial charge in [0.1, 0.15) is 0 Å². The Morgan fingerprint density at radius 3 is 1.35 bits per heavy atom. The summed E-state index contributed by atoms with van der Waals surface area (Å²) in [4.78, 5) is 0. The Hall–Kier alpha value is -1.56. The molecule has 0 bridgehead atoms. The molecular weight excluding hydrogens is 372 g/mol. The first-order valence-electron chi connectivity index (χ1n) is 12.8. The van der Waals surface area contributed by atoms with E-state index in [0.29, 0.717) is 10.8 Å². The van der Waals surface area contributed by atoms with Gasteiger partial charge in [-0.15, -0.1) is 0 Å². The number of hydrogen-bond acceptors (Lipinski definition) is 0. The number of aryl methyl sites for hydroxylation is 2. The lowest BCUT2D eigenvalue weighted by atomic mass is 9.58. The predicted molar refractivity (Wildman–Crippen MR) is 137 cm³/mol. The fourth-order valence-electron chi connectivity index (χ4n) is 7.30. The van der Waals surface area contributed by atoms with Crippen molar-refractivity contribution in [2.45, 2.75) is 98.3 Å². The lowest BCUT2D eigenvalue weighted by Crippen LogP contribution is -2.41. The Labute approximate surface area is 192 Å². The fraction of sp³-hybridized carbons (Fsp3) is 0.613. The maximum absolute atomic E-state index is 2.39. The SMILES string of the molecule is CC(C)C1(C(C)C)CCCc2ccccc21.CC(C)C1(C(C)C)CCc2ccccc21. The average Bonchev–Trinajstić information content (AvgIpc) is 3.14. The third-order valence-corrected chi connectivity index (χ3v) is 9.00. The van der Waals surface area contributed by atoms with E-state index in [0.717, 1.165) is 23.7 Å². The van der Waals surface area contributed by atoms with E-state index in [1.807, 2.05) is 0 Å². The highest BCUT2D eigenvalue weighted by molar-refractivity contribution is 5.40. The first kappa shape index (κ1) is 24.1. The minimum atomic E-state index is 0.412. The zero-order chi connectivity index (χ0) is 22.8. The second-order valence-electron chi connectivity index (χ2n) is 11.4. The minimum absolute atomic E-state index is 0.412. The Balaban J connectivity index is 0.000000176. The van der Waals surface area contributed by atoms with Crippen molar-refractivity contribution in [1.82, 2.24) is 0 Å². The van der Waals surface area contributed by atoms with Crippen LogP contribution in [0.1, 0.15) is 96.9 Å². The van der Waals surface area contributed by atoms with E-state index in [1.165, 1.54) is 32.1 Å². The van der Waals surface area contributed by atoms with Crippen molar-refractivity contribution in [2.24, 2.45) is 23.7 Å². The van der Waals surface area contributed by atoms with Gasteiger partial charge in [0, 0.05) is 10.8 Å². The third kappa shape index (κ3) is 4.12. The highest BCUT2D eigenvalue weighted by Crippen LogP contribution is 2.49. The highest BCUT2D eigenvalue weighted by atomic mass is 14.5. The molecule has 0 aliphatic heterocycles. The molecule has 4 rings (SSSR count). The quantitative estimate of drug-likeness (QED) is 0.465. The Kier molecular flexibility index (Phi) is 7.39. The van der Waals surface area contributed by atoms with Crippen molar-refractivity contribution in [2.75, 3.05) is 0 Å². The van der Waals surface area contributed by atoms with Crippen LogP contribution in [0.5, 0.6) is 0 Å². The Morgan fingerprint density at radius 1 is 0.516 bits per heavy atom. The lowest BCUT2D eigenvalue weighted by molar-refractivity contribution is 0.186. The topological polar surface area (TPSA) is 0 Å². The smallest absolute Gasteiger partial charge is 0.000483 e. The van der Waals surface area contributed by atoms with Crippen LogP contribution in [-0.2, 0) is 23.7 Å². The highest BCUT2D eigenvalue weighted by Gasteiger charge is 2.43. The standard InChI is InChI=1S/C16H24.C15H22/c1-12(2)16(13(3)4)11-7-9-14-8-5-6-10-15(14)16;1-11(2)15(12(3)4)10-9-13-7-5-6-8-14(13)15/h5-6,8,10,12-13H,7,9,11H2,1-4H3;5-8,11-12H,9-10H2,1-4H3. The predicted octanol–water partition coefficient (Wildman–Crippen LogP) is 8.76. The molecule has 0 heteroatoms. The van der Waals surface area contributed by atoms with E-state index in [9.17, 15) is 0 Å². The molecule has 0 nitrogen and oxygen atoms in total. The van der Waals surface area contributed by atoms with Crippen LogP contribution in [0.4, 0.5) is 0 Å². The molecule has 0 saturated heterocycles. The van der Waals surface area contributed by atoms with E-state index >= 15 is 0 Å². The van der Waals surface area contributed by atoms with Gasteiger partial charge in [0.25, 0.3) is 0 Å². The number of hydrogen-bond donors (Lipinski definition) is 0. The van der Waals surface area contributed by atoms with Gasteiger partial charge in [0.15, 0.2) is 0 Å². The van der Waals surface area contributed by atoms with Gasteiger partial charge >= 0.3 is 0 Å². The number of fused-ring (bicyclic) bond motifs is 2. The first-order valence-corrected chi connectivity index (χ1v) is 12.8. The maximum atomic E-state index is 2.39. The molecule has 2 aliphatic carbocycles. The van der Waals surface area contributed by atoms with E-state index < -0.39 is 0 Å². The molecule has 2 aromatic rings. The van der Waals surface area contributed by atoms with Gasteiger partial charge in [-0.25, -0.2) is 0 Å². The molecule has 2 aliphatic rings. The summed E-state index contributed by atoms with van der Waals surface area (Å²) in [5.41, 5.74) is 7.27. The summed E-state index contributed by atoms with van der Waals surface area (Å²) in [5, 5.41) is 0. The lowest BCUT2D eigenvalue weighted by Gasteiger charge is -2.46. The van der Waals surface area contributed by atoms with Crippen LogP contribution < -0.4 is 0 Å². The maximum Gasteiger partial charge on any atom is 0.000483 e. The molecule has 31 heavy (non-hydrogen) atoms. The summed E-state index contributed by atoms with van der Waals surface area (Å²) in [5.74, 6) is 2.94. The van der Waals surface area contributed by atoms with Crippen molar-refractivity contribution in [1.29, 1.82) is 0 Å². The Bertz CT molecular complexity index is 836. The number of benzene rings is 2. The van der Waals surface area contributed by atoms with E-state index in [2.05, 4.69) is 104 Å². The Morgan fingerprint density at radius 2 is 0.903 bits per heavy atom. The molecule has 0 fully saturated rings. The van der Waals surface area contributed by atoms with Crippen LogP contribution >= 0.6 is 0 Å². The van der Waals surface area contributed by atoms with E-state index in [4.69, 9.17) is 0 Å². The summed E-state index contributed by atoms with van der Waals surface area (Å²) in [7, 11) is 0. The molecule has 0 N–H and O–H groups in total. The first-order chi connectivity index (χ1) is 14.7. The van der Waals surface area contributed by atoms with Crippen LogP contribution in [0.2, 0.25) is 0 Å². The van der Waals surface area contributed by atoms with Crippen LogP contribution in [0.3, 0.4) is 0 Å². The van der Waals surface area contributed by atoms with Crippen LogP contribution in [0.25, 0.3) is 0 Å². The van der Waals surface area contributed by atoms with Crippen molar-refractivity contribution in [3.63, 3.8) is 0 Å². The van der Waals surface area contributed by atoms with Crippen LogP contribution in [-0.4, -0.2) is 0 Å². The van der Waals surface area contributed by atoms with Crippen molar-refractivity contribution in [3.8, 4) is 0 Å². The van der Waals surface area contributed by atoms with Crippen molar-refractivity contribution in [3.05, 3.63) is 70.8 Å². The van der Waals surface area contributed by atoms with Crippen LogP contribution in [0, 0.1) is 23.7 Å². The van der Waals surface area contributed by atoms with Gasteiger partial charge in [-0.2, -0.15) is 0 Å². The van der Waals surface area contributed by atoms with Gasteiger partial charge in [-0.1, -0.05) is 104 Å². The summed E-state index contributed by atoms with van der Waals surface area (Å²) < 4.78 is 0. The molecule has 2 aromatic carbocycles. The second kappa shape index (κ2) is 9.51. The van der Waals surface area contributed by atoms with E-state index in [1.54, 1.807) is 22.3 Å². The second-order valence-corrected chi connectivity index (χ2v) is 11.4. The summed E-state index contributed by atoms with van der Waals surface area (Å²) in [6.07, 6.45) is 6.60. The molecular formula is C31H46. The zero-order valence-electron chi connectivity index (χ0n) is 21.5. The molecule has 0 atom stereocenters. The average molecular weight is 419 g/mol. The fourth-order valence-corrected chi connectivity index (χ4v) is 7.30. The molecule has 0 heterocycles. The molecule has 0 aromatic heterocycles. The van der Waals surface area contributed by atoms with E-state index in [-0.39, 0.29) is 0 Å². The normalized spacial score (nSPS) is 18.7. The summed E-state index contributed by atoms with van der Waals surface area (Å²) in [6.45, 7) is 19.1. The van der Waals surface area contributed by atoms with Gasteiger partial charge in [-0.3, -0.25) is 0 Å². The van der Waals surface area contributed by atoms with Gasteiger partial charge in [-0.05, 0) is 78.0 Å². The molecule has 0 amide bonds. The van der Waals surface area contributed by atoms with Gasteiger partial charge in [0.2, 0.25) is 0 Å². The molecule has 0 radical (unpaired) electrons. The summed E-state index contributed by atoms with van der Waals surface area (Å²) in [6, 6.07) is 18.1. The van der Waals surface area contributed by atoms with Gasteiger partial charge in [0.05, 0.1) is 0 Å². The number of rotatable bonds is 4. The minimum Gasteiger partial charge on any atom is -0.0620 e. The van der Waals surface area contributed by atoms with Crippen molar-refractivity contribution < 1.29 is 0 Å². The molecule has 0 unspecified atom stereocenters. The van der Waals surface area contributed by atoms with Crippen LogP contribution in [0.15, 0.2) is 48.5 Å². The zero-order valence-corrected chi connectivity index (χ0v) is 21.5. The third-order valence-electron chi connectivity index (χ3n) is 9.00. The largest absolute Gasteiger partial charge is 0.0620 e. The molecule has 0 saturated carbocycles.